The van der Waals surface area contributed by atoms with E-state index in [1.54, 1.807) is 6.07 Å². The van der Waals surface area contributed by atoms with Crippen molar-refractivity contribution in [2.75, 3.05) is 5.32 Å². The van der Waals surface area contributed by atoms with Gasteiger partial charge in [-0.15, -0.1) is 17.0 Å². The summed E-state index contributed by atoms with van der Waals surface area (Å²) >= 11 is 0. The second-order valence-corrected chi connectivity index (χ2v) is 9.75. The van der Waals surface area contributed by atoms with Gasteiger partial charge in [0.15, 0.2) is 0 Å². The van der Waals surface area contributed by atoms with E-state index in [-0.39, 0.29) is 28.8 Å². The second kappa shape index (κ2) is 11.8. The normalized spacial score (nSPS) is 14.7. The summed E-state index contributed by atoms with van der Waals surface area (Å²) in [7, 11) is 0. The van der Waals surface area contributed by atoms with Crippen LogP contribution in [0.5, 0.6) is 5.75 Å². The third-order valence-electron chi connectivity index (χ3n) is 7.19. The van der Waals surface area contributed by atoms with Gasteiger partial charge in [0.2, 0.25) is 0 Å². The van der Waals surface area contributed by atoms with Gasteiger partial charge in [-0.3, -0.25) is 9.88 Å². The smallest absolute Gasteiger partial charge is 0.138 e. The van der Waals surface area contributed by atoms with E-state index in [2.05, 4.69) is 57.7 Å². The SMILES string of the molecule is Br.Oc1ccccc1NCc1ccc(CN(Cc2nc3ccccc3[nH]2)C2CCCc3cccnc32)cc1. The fourth-order valence-electron chi connectivity index (χ4n) is 5.31. The number of rotatable bonds is 8. The summed E-state index contributed by atoms with van der Waals surface area (Å²) < 4.78 is 0. The summed E-state index contributed by atoms with van der Waals surface area (Å²) in [6.07, 6.45) is 5.27. The van der Waals surface area contributed by atoms with Gasteiger partial charge in [-0.1, -0.05) is 54.6 Å². The molecule has 38 heavy (non-hydrogen) atoms. The molecule has 1 aliphatic rings. The molecule has 0 saturated heterocycles. The third-order valence-corrected chi connectivity index (χ3v) is 7.19. The molecule has 194 valence electrons. The first-order chi connectivity index (χ1) is 18.2. The standard InChI is InChI=1S/C31H31N5O.BrH/c37-29-13-4-3-11-27(29)33-19-22-14-16-23(17-15-22)20-36(21-30-34-25-9-1-2-10-26(25)35-30)28-12-5-7-24-8-6-18-32-31(24)28;/h1-4,6,8-11,13-18,28,33,37H,5,7,12,19-21H2,(H,34,35);1H. The molecule has 6 nitrogen and oxygen atoms in total. The van der Waals surface area contributed by atoms with E-state index >= 15 is 0 Å². The Labute approximate surface area is 233 Å². The average molecular weight is 571 g/mol. The first kappa shape index (κ1) is 25.9. The minimum Gasteiger partial charge on any atom is -0.506 e. The van der Waals surface area contributed by atoms with Gasteiger partial charge in [0, 0.05) is 19.3 Å². The molecule has 3 aromatic carbocycles. The van der Waals surface area contributed by atoms with Crippen LogP contribution in [0.4, 0.5) is 5.69 Å². The number of aryl methyl sites for hydroxylation is 1. The third kappa shape index (κ3) is 5.74. The number of pyridine rings is 1. The van der Waals surface area contributed by atoms with Crippen molar-refractivity contribution < 1.29 is 5.11 Å². The molecule has 0 bridgehead atoms. The lowest BCUT2D eigenvalue weighted by Gasteiger charge is -2.34. The number of nitrogens with one attached hydrogen (secondary N) is 2. The number of phenols is 1. The number of aromatic nitrogens is 3. The van der Waals surface area contributed by atoms with Gasteiger partial charge in [0.05, 0.1) is 35.0 Å². The van der Waals surface area contributed by atoms with Crippen molar-refractivity contribution in [3.05, 3.63) is 119 Å². The zero-order chi connectivity index (χ0) is 25.0. The minimum absolute atomic E-state index is 0. The first-order valence-electron chi connectivity index (χ1n) is 12.9. The van der Waals surface area contributed by atoms with Crippen LogP contribution in [0.1, 0.15) is 47.1 Å². The van der Waals surface area contributed by atoms with Crippen molar-refractivity contribution in [1.82, 2.24) is 19.9 Å². The summed E-state index contributed by atoms with van der Waals surface area (Å²) in [6.45, 7) is 2.19. The lowest BCUT2D eigenvalue weighted by molar-refractivity contribution is 0.153. The van der Waals surface area contributed by atoms with E-state index in [0.717, 1.165) is 54.9 Å². The Balaban J connectivity index is 0.00000294. The Morgan fingerprint density at radius 2 is 1.68 bits per heavy atom. The van der Waals surface area contributed by atoms with Crippen molar-refractivity contribution in [3.8, 4) is 5.75 Å². The zero-order valence-electron chi connectivity index (χ0n) is 21.2. The highest BCUT2D eigenvalue weighted by molar-refractivity contribution is 8.93. The summed E-state index contributed by atoms with van der Waals surface area (Å²) in [4.78, 5) is 15.7. The maximum absolute atomic E-state index is 10.0. The van der Waals surface area contributed by atoms with Gasteiger partial charge in [-0.25, -0.2) is 4.98 Å². The van der Waals surface area contributed by atoms with Crippen LogP contribution >= 0.6 is 17.0 Å². The van der Waals surface area contributed by atoms with Crippen LogP contribution in [-0.4, -0.2) is 25.0 Å². The molecule has 6 rings (SSSR count). The molecule has 5 aromatic rings. The summed E-state index contributed by atoms with van der Waals surface area (Å²) in [5, 5.41) is 13.3. The molecular weight excluding hydrogens is 538 g/mol. The Hall–Kier alpha value is -3.68. The van der Waals surface area contributed by atoms with Crippen molar-refractivity contribution in [2.45, 2.75) is 44.9 Å². The molecular formula is C31H32BrN5O. The number of nitrogens with zero attached hydrogens (tertiary/aromatic N) is 3. The number of halogens is 1. The molecule has 1 aliphatic carbocycles. The highest BCUT2D eigenvalue weighted by Crippen LogP contribution is 2.35. The van der Waals surface area contributed by atoms with Gasteiger partial charge < -0.3 is 15.4 Å². The zero-order valence-corrected chi connectivity index (χ0v) is 22.9. The van der Waals surface area contributed by atoms with Crippen molar-refractivity contribution in [1.29, 1.82) is 0 Å². The van der Waals surface area contributed by atoms with Gasteiger partial charge in [-0.2, -0.15) is 0 Å². The topological polar surface area (TPSA) is 77.1 Å². The molecule has 0 amide bonds. The lowest BCUT2D eigenvalue weighted by atomic mass is 9.90. The van der Waals surface area contributed by atoms with Crippen LogP contribution < -0.4 is 5.32 Å². The molecule has 0 radical (unpaired) electrons. The Bertz CT molecular complexity index is 1470. The van der Waals surface area contributed by atoms with Gasteiger partial charge >= 0.3 is 0 Å². The molecule has 0 saturated carbocycles. The predicted octanol–water partition coefficient (Wildman–Crippen LogP) is 6.93. The van der Waals surface area contributed by atoms with E-state index in [1.165, 1.54) is 22.4 Å². The molecule has 0 aliphatic heterocycles. The number of imidazole rings is 1. The van der Waals surface area contributed by atoms with Gasteiger partial charge in [-0.05, 0) is 66.3 Å². The number of aromatic amines is 1. The molecule has 1 atom stereocenters. The summed E-state index contributed by atoms with van der Waals surface area (Å²) in [5.41, 5.74) is 7.80. The number of aromatic hydroxyl groups is 1. The fourth-order valence-corrected chi connectivity index (χ4v) is 5.31. The first-order valence-corrected chi connectivity index (χ1v) is 12.9. The van der Waals surface area contributed by atoms with Crippen LogP contribution in [-0.2, 0) is 26.1 Å². The molecule has 7 heteroatoms. The van der Waals surface area contributed by atoms with Crippen LogP contribution in [0.25, 0.3) is 11.0 Å². The van der Waals surface area contributed by atoms with E-state index < -0.39 is 0 Å². The van der Waals surface area contributed by atoms with Crippen LogP contribution in [0.2, 0.25) is 0 Å². The monoisotopic (exact) mass is 569 g/mol. The summed E-state index contributed by atoms with van der Waals surface area (Å²) in [5.74, 6) is 1.24. The molecule has 3 N–H and O–H groups in total. The number of phenolic OH excluding ortho intramolecular Hbond substituents is 1. The highest BCUT2D eigenvalue weighted by atomic mass is 79.9. The van der Waals surface area contributed by atoms with E-state index in [0.29, 0.717) is 6.54 Å². The molecule has 2 aromatic heterocycles. The predicted molar refractivity (Wildman–Crippen MR) is 157 cm³/mol. The van der Waals surface area contributed by atoms with Gasteiger partial charge in [0.25, 0.3) is 0 Å². The van der Waals surface area contributed by atoms with E-state index in [4.69, 9.17) is 9.97 Å². The number of fused-ring (bicyclic) bond motifs is 2. The number of hydrogen-bond donors (Lipinski definition) is 3. The number of anilines is 1. The number of benzene rings is 3. The fraction of sp³-hybridized carbons (Fsp3) is 0.226. The Morgan fingerprint density at radius 1 is 0.895 bits per heavy atom. The highest BCUT2D eigenvalue weighted by Gasteiger charge is 2.28. The minimum atomic E-state index is 0. The average Bonchev–Trinajstić information content (AvgIpc) is 3.35. The van der Waals surface area contributed by atoms with Crippen LogP contribution in [0.3, 0.4) is 0 Å². The van der Waals surface area contributed by atoms with Gasteiger partial charge in [0.1, 0.15) is 11.6 Å². The molecule has 2 heterocycles. The number of H-pyrrole nitrogens is 1. The Kier molecular flexibility index (Phi) is 8.05. The van der Waals surface area contributed by atoms with Crippen molar-refractivity contribution in [2.24, 2.45) is 0 Å². The van der Waals surface area contributed by atoms with E-state index in [9.17, 15) is 5.11 Å². The van der Waals surface area contributed by atoms with Crippen LogP contribution in [0, 0.1) is 0 Å². The van der Waals surface area contributed by atoms with Crippen LogP contribution in [0.15, 0.2) is 91.1 Å². The number of hydrogen-bond acceptors (Lipinski definition) is 5. The van der Waals surface area contributed by atoms with Crippen molar-refractivity contribution >= 4 is 33.7 Å². The van der Waals surface area contributed by atoms with Crippen molar-refractivity contribution in [3.63, 3.8) is 0 Å². The Morgan fingerprint density at radius 3 is 2.53 bits per heavy atom. The maximum atomic E-state index is 10.0. The lowest BCUT2D eigenvalue weighted by Crippen LogP contribution is -2.31. The van der Waals surface area contributed by atoms with E-state index in [1.807, 2.05) is 42.6 Å². The molecule has 0 fully saturated rings. The maximum Gasteiger partial charge on any atom is 0.138 e. The molecule has 0 spiro atoms. The largest absolute Gasteiger partial charge is 0.506 e. The number of para-hydroxylation sites is 4. The quantitative estimate of drug-likeness (QED) is 0.176. The summed E-state index contributed by atoms with van der Waals surface area (Å²) in [6, 6.07) is 28.8. The second-order valence-electron chi connectivity index (χ2n) is 9.75. The molecule has 1 unspecified atom stereocenters.